The number of amides is 1. The molecule has 0 radical (unpaired) electrons. The van der Waals surface area contributed by atoms with E-state index >= 15 is 0 Å². The summed E-state index contributed by atoms with van der Waals surface area (Å²) in [7, 11) is -3.74. The van der Waals surface area contributed by atoms with Gasteiger partial charge in [0.05, 0.1) is 11.8 Å². The second-order valence-electron chi connectivity index (χ2n) is 5.33. The Labute approximate surface area is 118 Å². The number of sulfonamides is 1. The number of carbonyl (C=O) groups excluding carboxylic acids is 1. The van der Waals surface area contributed by atoms with Crippen molar-refractivity contribution in [2.75, 3.05) is 12.3 Å². The van der Waals surface area contributed by atoms with Gasteiger partial charge in [-0.25, -0.2) is 21.9 Å². The van der Waals surface area contributed by atoms with E-state index in [2.05, 4.69) is 10.0 Å². The van der Waals surface area contributed by atoms with Gasteiger partial charge >= 0.3 is 0 Å². The van der Waals surface area contributed by atoms with Gasteiger partial charge in [0.2, 0.25) is 21.9 Å². The Morgan fingerprint density at radius 1 is 1.45 bits per heavy atom. The van der Waals surface area contributed by atoms with E-state index in [0.717, 1.165) is 0 Å². The monoisotopic (exact) mass is 312 g/mol. The van der Waals surface area contributed by atoms with E-state index in [4.69, 9.17) is 0 Å². The van der Waals surface area contributed by atoms with Gasteiger partial charge in [0.25, 0.3) is 0 Å². The van der Waals surface area contributed by atoms with Gasteiger partial charge in [-0.3, -0.25) is 4.79 Å². The minimum atomic E-state index is -3.74. The van der Waals surface area contributed by atoms with Crippen molar-refractivity contribution in [2.24, 2.45) is 5.92 Å². The molecular weight excluding hydrogens is 290 g/mol. The summed E-state index contributed by atoms with van der Waals surface area (Å²) in [4.78, 5) is 11.5. The summed E-state index contributed by atoms with van der Waals surface area (Å²) in [6.45, 7) is 3.56. The lowest BCUT2D eigenvalue weighted by molar-refractivity contribution is -0.122. The standard InChI is InChI=1S/C12H22F2N2O3S/c1-3-15-11(17)9(2)16-20(18,19)8-10-5-4-6-12(13,14)7-10/h9-10,16H,3-8H2,1-2H3,(H,15,17)/t9-,10+/m1/s1. The predicted molar refractivity (Wildman–Crippen MR) is 72.0 cm³/mol. The van der Waals surface area contributed by atoms with E-state index in [0.29, 0.717) is 19.4 Å². The van der Waals surface area contributed by atoms with Crippen molar-refractivity contribution in [3.8, 4) is 0 Å². The molecule has 1 aliphatic rings. The van der Waals surface area contributed by atoms with Crippen LogP contribution >= 0.6 is 0 Å². The maximum atomic E-state index is 13.2. The molecule has 2 N–H and O–H groups in total. The highest BCUT2D eigenvalue weighted by Crippen LogP contribution is 2.37. The van der Waals surface area contributed by atoms with Gasteiger partial charge in [0.1, 0.15) is 0 Å². The first-order chi connectivity index (χ1) is 9.15. The Morgan fingerprint density at radius 3 is 2.65 bits per heavy atom. The van der Waals surface area contributed by atoms with Crippen molar-refractivity contribution in [3.63, 3.8) is 0 Å². The molecule has 1 fully saturated rings. The van der Waals surface area contributed by atoms with Crippen LogP contribution in [0.5, 0.6) is 0 Å². The summed E-state index contributed by atoms with van der Waals surface area (Å²) in [6.07, 6.45) is 0.237. The van der Waals surface area contributed by atoms with Gasteiger partial charge in [-0.15, -0.1) is 0 Å². The molecule has 0 bridgehead atoms. The smallest absolute Gasteiger partial charge is 0.248 e. The van der Waals surface area contributed by atoms with Gasteiger partial charge in [0, 0.05) is 19.4 Å². The molecule has 8 heteroatoms. The molecule has 2 atom stereocenters. The van der Waals surface area contributed by atoms with E-state index in [9.17, 15) is 22.0 Å². The number of nitrogens with one attached hydrogen (secondary N) is 2. The largest absolute Gasteiger partial charge is 0.355 e. The summed E-state index contributed by atoms with van der Waals surface area (Å²) in [6, 6.07) is -0.899. The fourth-order valence-corrected chi connectivity index (χ4v) is 4.07. The van der Waals surface area contributed by atoms with Gasteiger partial charge in [-0.2, -0.15) is 0 Å². The topological polar surface area (TPSA) is 75.3 Å². The molecule has 0 heterocycles. The van der Waals surface area contributed by atoms with Crippen LogP contribution in [0.2, 0.25) is 0 Å². The van der Waals surface area contributed by atoms with E-state index in [1.54, 1.807) is 6.92 Å². The van der Waals surface area contributed by atoms with E-state index in [1.807, 2.05) is 0 Å². The summed E-state index contributed by atoms with van der Waals surface area (Å²) >= 11 is 0. The Bertz CT molecular complexity index is 440. The maximum Gasteiger partial charge on any atom is 0.248 e. The first-order valence-electron chi connectivity index (χ1n) is 6.81. The van der Waals surface area contributed by atoms with Crippen LogP contribution < -0.4 is 10.0 Å². The van der Waals surface area contributed by atoms with Crippen molar-refractivity contribution in [1.82, 2.24) is 10.0 Å². The van der Waals surface area contributed by atoms with Crippen molar-refractivity contribution in [1.29, 1.82) is 0 Å². The molecule has 1 amide bonds. The third kappa shape index (κ3) is 5.70. The Kier molecular flexibility index (Phi) is 5.88. The quantitative estimate of drug-likeness (QED) is 0.775. The first-order valence-corrected chi connectivity index (χ1v) is 8.46. The van der Waals surface area contributed by atoms with Crippen LogP contribution in [0.4, 0.5) is 8.78 Å². The predicted octanol–water partition coefficient (Wildman–Crippen LogP) is 1.26. The third-order valence-corrected chi connectivity index (χ3v) is 4.92. The fraction of sp³-hybridized carbons (Fsp3) is 0.917. The molecule has 0 aromatic heterocycles. The van der Waals surface area contributed by atoms with Crippen LogP contribution in [-0.4, -0.2) is 38.6 Å². The average molecular weight is 312 g/mol. The molecule has 20 heavy (non-hydrogen) atoms. The van der Waals surface area contributed by atoms with Crippen LogP contribution in [0.15, 0.2) is 0 Å². The minimum absolute atomic E-state index is 0.174. The van der Waals surface area contributed by atoms with Crippen LogP contribution in [0.25, 0.3) is 0 Å². The lowest BCUT2D eigenvalue weighted by Crippen LogP contribution is -2.46. The highest BCUT2D eigenvalue weighted by atomic mass is 32.2. The summed E-state index contributed by atoms with van der Waals surface area (Å²) in [5.74, 6) is -4.11. The summed E-state index contributed by atoms with van der Waals surface area (Å²) in [5, 5.41) is 2.50. The van der Waals surface area contributed by atoms with Crippen molar-refractivity contribution >= 4 is 15.9 Å². The molecule has 1 rings (SSSR count). The van der Waals surface area contributed by atoms with E-state index in [-0.39, 0.29) is 12.2 Å². The molecule has 1 aliphatic carbocycles. The molecular formula is C12H22F2N2O3S. The number of hydrogen-bond donors (Lipinski definition) is 2. The number of likely N-dealkylation sites (N-methyl/N-ethyl adjacent to an activating group) is 1. The number of halogens is 2. The van der Waals surface area contributed by atoms with Crippen LogP contribution in [0, 0.1) is 5.92 Å². The summed E-state index contributed by atoms with van der Waals surface area (Å²) in [5.41, 5.74) is 0. The minimum Gasteiger partial charge on any atom is -0.355 e. The van der Waals surface area contributed by atoms with Crippen molar-refractivity contribution in [2.45, 2.75) is 51.5 Å². The number of alkyl halides is 2. The molecule has 0 aromatic rings. The number of carbonyl (C=O) groups is 1. The van der Waals surface area contributed by atoms with E-state index < -0.39 is 40.2 Å². The van der Waals surface area contributed by atoms with Crippen molar-refractivity contribution < 1.29 is 22.0 Å². The maximum absolute atomic E-state index is 13.2. The zero-order chi connectivity index (χ0) is 15.4. The van der Waals surface area contributed by atoms with Gasteiger partial charge in [-0.05, 0) is 32.6 Å². The number of hydrogen-bond acceptors (Lipinski definition) is 3. The summed E-state index contributed by atoms with van der Waals surface area (Å²) < 4.78 is 52.5. The van der Waals surface area contributed by atoms with Crippen LogP contribution in [0.1, 0.15) is 39.5 Å². The van der Waals surface area contributed by atoms with Crippen molar-refractivity contribution in [3.05, 3.63) is 0 Å². The van der Waals surface area contributed by atoms with Crippen LogP contribution in [0.3, 0.4) is 0 Å². The SMILES string of the molecule is CCNC(=O)[C@@H](C)NS(=O)(=O)C[C@H]1CCCC(F)(F)C1. The van der Waals surface area contributed by atoms with Crippen LogP contribution in [-0.2, 0) is 14.8 Å². The average Bonchev–Trinajstić information content (AvgIpc) is 2.26. The zero-order valence-corrected chi connectivity index (χ0v) is 12.6. The first kappa shape index (κ1) is 17.3. The lowest BCUT2D eigenvalue weighted by Gasteiger charge is -2.28. The molecule has 5 nitrogen and oxygen atoms in total. The molecule has 1 saturated carbocycles. The Hall–Kier alpha value is -0.760. The normalized spacial score (nSPS) is 24.1. The van der Waals surface area contributed by atoms with E-state index in [1.165, 1.54) is 6.92 Å². The van der Waals surface area contributed by atoms with Gasteiger partial charge in [0.15, 0.2) is 0 Å². The van der Waals surface area contributed by atoms with Gasteiger partial charge in [-0.1, -0.05) is 0 Å². The second kappa shape index (κ2) is 6.80. The Balaban J connectivity index is 2.55. The van der Waals surface area contributed by atoms with Gasteiger partial charge < -0.3 is 5.32 Å². The molecule has 0 spiro atoms. The second-order valence-corrected chi connectivity index (χ2v) is 7.13. The highest BCUT2D eigenvalue weighted by Gasteiger charge is 2.38. The fourth-order valence-electron chi connectivity index (χ4n) is 2.43. The third-order valence-electron chi connectivity index (χ3n) is 3.30. The molecule has 0 unspecified atom stereocenters. The molecule has 0 aliphatic heterocycles. The number of rotatable bonds is 6. The Morgan fingerprint density at radius 2 is 2.10 bits per heavy atom. The zero-order valence-electron chi connectivity index (χ0n) is 11.8. The molecule has 118 valence electrons. The highest BCUT2D eigenvalue weighted by molar-refractivity contribution is 7.89. The lowest BCUT2D eigenvalue weighted by atomic mass is 9.88. The molecule has 0 aromatic carbocycles. The molecule has 0 saturated heterocycles.